The number of rotatable bonds is 9. The van der Waals surface area contributed by atoms with Crippen LogP contribution in [0, 0.1) is 24.7 Å². The summed E-state index contributed by atoms with van der Waals surface area (Å²) >= 11 is 0. The molecular formula is C24H28N2O5. The van der Waals surface area contributed by atoms with E-state index in [2.05, 4.69) is 17.2 Å². The van der Waals surface area contributed by atoms with Gasteiger partial charge in [0.25, 0.3) is 5.91 Å². The molecule has 2 aromatic rings. The van der Waals surface area contributed by atoms with Gasteiger partial charge in [0.1, 0.15) is 6.79 Å². The molecule has 0 aromatic heterocycles. The smallest absolute Gasteiger partial charge is 0.251 e. The third-order valence-corrected chi connectivity index (χ3v) is 4.60. The minimum atomic E-state index is -0.525. The minimum absolute atomic E-state index is 0.0707. The largest absolute Gasteiger partial charge is 0.359 e. The number of amides is 2. The molecule has 7 nitrogen and oxygen atoms in total. The van der Waals surface area contributed by atoms with Gasteiger partial charge in [-0.15, -0.1) is 0 Å². The summed E-state index contributed by atoms with van der Waals surface area (Å²) in [5.41, 5.74) is 4.99. The lowest BCUT2D eigenvalue weighted by atomic mass is 10.0. The first kappa shape index (κ1) is 24.1. The first-order valence-corrected chi connectivity index (χ1v) is 9.93. The Morgan fingerprint density at radius 3 is 2.16 bits per heavy atom. The molecule has 0 radical (unpaired) electrons. The lowest BCUT2D eigenvalue weighted by Crippen LogP contribution is -2.41. The van der Waals surface area contributed by atoms with Gasteiger partial charge in [-0.25, -0.2) is 5.48 Å². The van der Waals surface area contributed by atoms with Gasteiger partial charge >= 0.3 is 0 Å². The molecule has 0 heterocycles. The first-order valence-electron chi connectivity index (χ1n) is 9.93. The van der Waals surface area contributed by atoms with Crippen molar-refractivity contribution in [1.82, 2.24) is 10.8 Å². The Kier molecular flexibility index (Phi) is 9.72. The van der Waals surface area contributed by atoms with Gasteiger partial charge in [0.15, 0.2) is 0 Å². The summed E-state index contributed by atoms with van der Waals surface area (Å²) in [7, 11) is 1.50. The van der Waals surface area contributed by atoms with E-state index in [1.54, 1.807) is 36.7 Å². The van der Waals surface area contributed by atoms with Crippen LogP contribution in [0.15, 0.2) is 48.5 Å². The third-order valence-electron chi connectivity index (χ3n) is 4.60. The highest BCUT2D eigenvalue weighted by molar-refractivity contribution is 5.94. The summed E-state index contributed by atoms with van der Waals surface area (Å²) < 4.78 is 10.2. The Balaban J connectivity index is 2.02. The van der Waals surface area contributed by atoms with Gasteiger partial charge in [-0.2, -0.15) is 0 Å². The lowest BCUT2D eigenvalue weighted by molar-refractivity contribution is -0.133. The molecule has 3 N–H and O–H groups in total. The average Bonchev–Trinajstić information content (AvgIpc) is 2.78. The fraction of sp³-hybridized carbons (Fsp3) is 0.333. The predicted molar refractivity (Wildman–Crippen MR) is 116 cm³/mol. The van der Waals surface area contributed by atoms with Crippen LogP contribution in [0.25, 0.3) is 0 Å². The van der Waals surface area contributed by atoms with Crippen molar-refractivity contribution in [3.05, 3.63) is 70.8 Å². The molecule has 0 bridgehead atoms. The van der Waals surface area contributed by atoms with E-state index in [9.17, 15) is 9.59 Å². The number of benzene rings is 2. The zero-order chi connectivity index (χ0) is 22.6. The van der Waals surface area contributed by atoms with Gasteiger partial charge in [-0.1, -0.05) is 36.5 Å². The molecule has 7 heteroatoms. The molecule has 0 spiro atoms. The maximum atomic E-state index is 12.6. The fourth-order valence-corrected chi connectivity index (χ4v) is 2.84. The van der Waals surface area contributed by atoms with Crippen molar-refractivity contribution in [2.75, 3.05) is 20.5 Å². The standard InChI is InChI=1S/C24H28N2O5/c1-17-4-6-19(7-5-17)8-9-20-10-12-21(13-11-20)24(28)25-22(15-31-16-30-3)14-18(2)23(27)26-29/h4-7,10-13,18,22,29H,14-16H2,1-3H3,(H,25,28)(H,26,27)/t18-,22-/m0/s1. The Morgan fingerprint density at radius 1 is 1.03 bits per heavy atom. The first-order chi connectivity index (χ1) is 14.9. The molecule has 0 aliphatic rings. The van der Waals surface area contributed by atoms with Crippen molar-refractivity contribution >= 4 is 11.8 Å². The van der Waals surface area contributed by atoms with Crippen LogP contribution in [0.5, 0.6) is 0 Å². The molecule has 0 saturated heterocycles. The van der Waals surface area contributed by atoms with Crippen LogP contribution < -0.4 is 10.8 Å². The second-order valence-electron chi connectivity index (χ2n) is 7.25. The molecular weight excluding hydrogens is 396 g/mol. The fourth-order valence-electron chi connectivity index (χ4n) is 2.84. The van der Waals surface area contributed by atoms with Crippen molar-refractivity contribution in [2.45, 2.75) is 26.3 Å². The monoisotopic (exact) mass is 424 g/mol. The predicted octanol–water partition coefficient (Wildman–Crippen LogP) is 2.65. The molecule has 2 aromatic carbocycles. The van der Waals surface area contributed by atoms with Crippen LogP contribution >= 0.6 is 0 Å². The van der Waals surface area contributed by atoms with Gasteiger partial charge in [0, 0.05) is 29.7 Å². The summed E-state index contributed by atoms with van der Waals surface area (Å²) in [6, 6.07) is 14.5. The number of aryl methyl sites for hydroxylation is 1. The summed E-state index contributed by atoms with van der Waals surface area (Å²) in [4.78, 5) is 24.2. The lowest BCUT2D eigenvalue weighted by Gasteiger charge is -2.21. The van der Waals surface area contributed by atoms with E-state index in [-0.39, 0.29) is 19.3 Å². The van der Waals surface area contributed by atoms with Crippen LogP contribution in [0.4, 0.5) is 0 Å². The summed E-state index contributed by atoms with van der Waals surface area (Å²) in [5, 5.41) is 11.7. The number of carbonyl (C=O) groups excluding carboxylic acids is 2. The topological polar surface area (TPSA) is 96.9 Å². The van der Waals surface area contributed by atoms with E-state index < -0.39 is 17.9 Å². The van der Waals surface area contributed by atoms with Crippen molar-refractivity contribution in [3.63, 3.8) is 0 Å². The highest BCUT2D eigenvalue weighted by atomic mass is 16.7. The number of nitrogens with one attached hydrogen (secondary N) is 2. The zero-order valence-electron chi connectivity index (χ0n) is 18.0. The molecule has 0 aliphatic heterocycles. The van der Waals surface area contributed by atoms with E-state index in [1.165, 1.54) is 12.7 Å². The summed E-state index contributed by atoms with van der Waals surface area (Å²) in [5.74, 6) is 4.85. The highest BCUT2D eigenvalue weighted by Crippen LogP contribution is 2.10. The minimum Gasteiger partial charge on any atom is -0.359 e. The SMILES string of the molecule is COCOC[C@H](C[C@H](C)C(=O)NO)NC(=O)c1ccc(C#Cc2ccc(C)cc2)cc1. The molecule has 2 atom stereocenters. The molecule has 0 unspecified atom stereocenters. The van der Waals surface area contributed by atoms with Crippen molar-refractivity contribution < 1.29 is 24.3 Å². The Hall–Kier alpha value is -3.18. The Labute approximate surface area is 182 Å². The van der Waals surface area contributed by atoms with E-state index in [1.807, 2.05) is 31.2 Å². The Morgan fingerprint density at radius 2 is 1.61 bits per heavy atom. The van der Waals surface area contributed by atoms with E-state index in [4.69, 9.17) is 14.7 Å². The molecule has 0 fully saturated rings. The van der Waals surface area contributed by atoms with Crippen LogP contribution in [0.2, 0.25) is 0 Å². The maximum absolute atomic E-state index is 12.6. The second kappa shape index (κ2) is 12.5. The van der Waals surface area contributed by atoms with E-state index in [0.717, 1.165) is 11.1 Å². The van der Waals surface area contributed by atoms with Crippen molar-refractivity contribution in [2.24, 2.45) is 5.92 Å². The quantitative estimate of drug-likeness (QED) is 0.189. The number of hydroxylamine groups is 1. The summed E-state index contributed by atoms with van der Waals surface area (Å²) in [6.45, 7) is 3.92. The van der Waals surface area contributed by atoms with Gasteiger partial charge in [-0.3, -0.25) is 14.8 Å². The number of carbonyl (C=O) groups is 2. The number of hydrogen-bond acceptors (Lipinski definition) is 5. The van der Waals surface area contributed by atoms with Crippen molar-refractivity contribution in [3.8, 4) is 11.8 Å². The number of methoxy groups -OCH3 is 1. The average molecular weight is 424 g/mol. The third kappa shape index (κ3) is 8.22. The Bertz CT molecular complexity index is 914. The van der Waals surface area contributed by atoms with Gasteiger partial charge in [-0.05, 0) is 49.7 Å². The number of hydrogen-bond donors (Lipinski definition) is 3. The molecule has 164 valence electrons. The van der Waals surface area contributed by atoms with E-state index >= 15 is 0 Å². The van der Waals surface area contributed by atoms with Gasteiger partial charge < -0.3 is 14.8 Å². The van der Waals surface area contributed by atoms with Crippen molar-refractivity contribution in [1.29, 1.82) is 0 Å². The molecule has 0 aliphatic carbocycles. The van der Waals surface area contributed by atoms with Crippen LogP contribution in [-0.4, -0.2) is 43.6 Å². The highest BCUT2D eigenvalue weighted by Gasteiger charge is 2.21. The number of ether oxygens (including phenoxy) is 2. The molecule has 31 heavy (non-hydrogen) atoms. The summed E-state index contributed by atoms with van der Waals surface area (Å²) in [6.07, 6.45) is 0.294. The zero-order valence-corrected chi connectivity index (χ0v) is 18.0. The molecule has 2 amide bonds. The molecule has 2 rings (SSSR count). The maximum Gasteiger partial charge on any atom is 0.251 e. The van der Waals surface area contributed by atoms with Gasteiger partial charge in [0.2, 0.25) is 5.91 Å². The van der Waals surface area contributed by atoms with Gasteiger partial charge in [0.05, 0.1) is 12.6 Å². The van der Waals surface area contributed by atoms with E-state index in [0.29, 0.717) is 12.0 Å². The van der Waals surface area contributed by atoms with Crippen LogP contribution in [0.3, 0.4) is 0 Å². The normalized spacial score (nSPS) is 12.3. The van der Waals surface area contributed by atoms with Crippen LogP contribution in [-0.2, 0) is 14.3 Å². The molecule has 0 saturated carbocycles. The second-order valence-corrected chi connectivity index (χ2v) is 7.25. The van der Waals surface area contributed by atoms with Crippen LogP contribution in [0.1, 0.15) is 40.4 Å².